The number of piperazine rings is 1. The fourth-order valence-corrected chi connectivity index (χ4v) is 2.43. The quantitative estimate of drug-likeness (QED) is 0.631. The number of carbonyl (C=O) groups is 1. The largest absolute Gasteiger partial charge is 0.347 e. The van der Waals surface area contributed by atoms with Gasteiger partial charge in [-0.15, -0.1) is 0 Å². The zero-order chi connectivity index (χ0) is 15.6. The number of pyridine rings is 1. The molecule has 0 saturated carbocycles. The molecule has 0 aromatic carbocycles. The van der Waals surface area contributed by atoms with Crippen molar-refractivity contribution in [1.29, 1.82) is 0 Å². The molecule has 1 amide bonds. The van der Waals surface area contributed by atoms with Crippen LogP contribution in [0.4, 0.5) is 11.5 Å². The first kappa shape index (κ1) is 15.2. The number of carbonyl (C=O) groups excluding carboxylic acids is 1. The molecule has 1 unspecified atom stereocenters. The van der Waals surface area contributed by atoms with Gasteiger partial charge in [-0.2, -0.15) is 0 Å². The van der Waals surface area contributed by atoms with Gasteiger partial charge in [-0.3, -0.25) is 14.9 Å². The van der Waals surface area contributed by atoms with Crippen molar-refractivity contribution < 1.29 is 9.72 Å². The third-order valence-electron chi connectivity index (χ3n) is 3.49. The first-order valence-electron chi connectivity index (χ1n) is 6.71. The maximum Gasteiger partial charge on any atom is 0.287 e. The molecule has 1 fully saturated rings. The Labute approximate surface area is 122 Å². The summed E-state index contributed by atoms with van der Waals surface area (Å²) in [6.07, 6.45) is 1.24. The Kier molecular flexibility index (Phi) is 4.37. The maximum atomic E-state index is 12.3. The number of nitrogens with one attached hydrogen (secondary N) is 1. The van der Waals surface area contributed by atoms with Gasteiger partial charge in [-0.1, -0.05) is 0 Å². The highest BCUT2D eigenvalue weighted by molar-refractivity contribution is 5.85. The molecule has 1 aliphatic rings. The van der Waals surface area contributed by atoms with Crippen LogP contribution >= 0.6 is 0 Å². The summed E-state index contributed by atoms with van der Waals surface area (Å²) < 4.78 is 0. The van der Waals surface area contributed by atoms with E-state index in [2.05, 4.69) is 10.3 Å². The molecule has 0 aliphatic carbocycles. The molecule has 2 rings (SSSR count). The lowest BCUT2D eigenvalue weighted by Crippen LogP contribution is -2.58. The van der Waals surface area contributed by atoms with Crippen LogP contribution in [0.5, 0.6) is 0 Å². The summed E-state index contributed by atoms with van der Waals surface area (Å²) in [5.74, 6) is 0.615. The zero-order valence-electron chi connectivity index (χ0n) is 12.4. The molecule has 1 aliphatic heterocycles. The lowest BCUT2D eigenvalue weighted by Gasteiger charge is -2.37. The summed E-state index contributed by atoms with van der Waals surface area (Å²) in [5, 5.41) is 14.0. The van der Waals surface area contributed by atoms with Crippen molar-refractivity contribution in [3.8, 4) is 0 Å². The van der Waals surface area contributed by atoms with Gasteiger partial charge in [0.1, 0.15) is 18.1 Å². The predicted octanol–water partition coefficient (Wildman–Crippen LogP) is 0.165. The Balaban J connectivity index is 2.33. The van der Waals surface area contributed by atoms with Gasteiger partial charge in [0, 0.05) is 39.8 Å². The van der Waals surface area contributed by atoms with Crippen LogP contribution in [0.25, 0.3) is 0 Å². The highest BCUT2D eigenvalue weighted by Gasteiger charge is 2.31. The average molecular weight is 293 g/mol. The van der Waals surface area contributed by atoms with Gasteiger partial charge in [-0.25, -0.2) is 4.98 Å². The number of rotatable bonds is 3. The summed E-state index contributed by atoms with van der Waals surface area (Å²) in [7, 11) is 3.43. The van der Waals surface area contributed by atoms with E-state index in [1.54, 1.807) is 25.9 Å². The Morgan fingerprint density at radius 2 is 2.29 bits per heavy atom. The van der Waals surface area contributed by atoms with Crippen LogP contribution in [0, 0.1) is 17.0 Å². The van der Waals surface area contributed by atoms with Crippen molar-refractivity contribution in [2.75, 3.05) is 38.6 Å². The molecule has 2 heterocycles. The first-order chi connectivity index (χ1) is 9.91. The number of hydrogen-bond donors (Lipinski definition) is 1. The molecule has 1 aromatic rings. The summed E-state index contributed by atoms with van der Waals surface area (Å²) in [4.78, 5) is 30.3. The van der Waals surface area contributed by atoms with E-state index in [4.69, 9.17) is 0 Å². The van der Waals surface area contributed by atoms with Crippen molar-refractivity contribution in [3.05, 3.63) is 27.9 Å². The lowest BCUT2D eigenvalue weighted by atomic mass is 10.1. The zero-order valence-corrected chi connectivity index (χ0v) is 12.4. The van der Waals surface area contributed by atoms with Crippen LogP contribution in [0.3, 0.4) is 0 Å². The van der Waals surface area contributed by atoms with E-state index < -0.39 is 4.92 Å². The van der Waals surface area contributed by atoms with Crippen LogP contribution < -0.4 is 10.2 Å². The van der Waals surface area contributed by atoms with E-state index in [0.29, 0.717) is 24.5 Å². The number of nitro groups is 1. The van der Waals surface area contributed by atoms with E-state index in [9.17, 15) is 14.9 Å². The van der Waals surface area contributed by atoms with Crippen molar-refractivity contribution in [2.24, 2.45) is 0 Å². The molecule has 0 spiro atoms. The smallest absolute Gasteiger partial charge is 0.287 e. The third kappa shape index (κ3) is 3.10. The van der Waals surface area contributed by atoms with Crippen molar-refractivity contribution in [2.45, 2.75) is 13.0 Å². The van der Waals surface area contributed by atoms with Gasteiger partial charge in [0.05, 0.1) is 4.92 Å². The summed E-state index contributed by atoms with van der Waals surface area (Å²) in [6, 6.07) is 1.14. The molecule has 8 heteroatoms. The maximum absolute atomic E-state index is 12.3. The minimum Gasteiger partial charge on any atom is -0.347 e. The minimum absolute atomic E-state index is 0.0123. The van der Waals surface area contributed by atoms with E-state index in [0.717, 1.165) is 6.54 Å². The predicted molar refractivity (Wildman–Crippen MR) is 78.3 cm³/mol. The van der Waals surface area contributed by atoms with E-state index >= 15 is 0 Å². The standard InChI is InChI=1S/C13H19N5O3/c1-9-6-10(18(20)21)7-15-12(9)17-5-4-14-8-11(17)13(19)16(2)3/h6-7,11,14H,4-5,8H2,1-3H3. The van der Waals surface area contributed by atoms with Gasteiger partial charge in [0.25, 0.3) is 5.69 Å². The molecule has 21 heavy (non-hydrogen) atoms. The second kappa shape index (κ2) is 6.04. The number of nitrogens with zero attached hydrogens (tertiary/aromatic N) is 4. The summed E-state index contributed by atoms with van der Waals surface area (Å²) >= 11 is 0. The Morgan fingerprint density at radius 3 is 2.86 bits per heavy atom. The van der Waals surface area contributed by atoms with Crippen LogP contribution in [-0.2, 0) is 4.79 Å². The number of aromatic nitrogens is 1. The molecule has 114 valence electrons. The monoisotopic (exact) mass is 293 g/mol. The van der Waals surface area contributed by atoms with Crippen LogP contribution in [0.2, 0.25) is 0 Å². The SMILES string of the molecule is Cc1cc([N+](=O)[O-])cnc1N1CCNCC1C(=O)N(C)C. The molecule has 1 saturated heterocycles. The average Bonchev–Trinajstić information content (AvgIpc) is 2.46. The van der Waals surface area contributed by atoms with Gasteiger partial charge >= 0.3 is 0 Å². The highest BCUT2D eigenvalue weighted by Crippen LogP contribution is 2.24. The Morgan fingerprint density at radius 1 is 1.57 bits per heavy atom. The van der Waals surface area contributed by atoms with Crippen molar-refractivity contribution >= 4 is 17.4 Å². The first-order valence-corrected chi connectivity index (χ1v) is 6.71. The fourth-order valence-electron chi connectivity index (χ4n) is 2.43. The lowest BCUT2D eigenvalue weighted by molar-refractivity contribution is -0.385. The third-order valence-corrected chi connectivity index (χ3v) is 3.49. The molecule has 0 bridgehead atoms. The van der Waals surface area contributed by atoms with E-state index in [1.807, 2.05) is 4.90 Å². The molecule has 1 aromatic heterocycles. The van der Waals surface area contributed by atoms with Crippen molar-refractivity contribution in [1.82, 2.24) is 15.2 Å². The minimum atomic E-state index is -0.468. The van der Waals surface area contributed by atoms with Crippen molar-refractivity contribution in [3.63, 3.8) is 0 Å². The topological polar surface area (TPSA) is 91.6 Å². The van der Waals surface area contributed by atoms with Gasteiger partial charge in [0.15, 0.2) is 0 Å². The van der Waals surface area contributed by atoms with Crippen LogP contribution in [-0.4, -0.2) is 60.5 Å². The molecular formula is C13H19N5O3. The van der Waals surface area contributed by atoms with Gasteiger partial charge < -0.3 is 15.1 Å². The molecule has 1 N–H and O–H groups in total. The summed E-state index contributed by atoms with van der Waals surface area (Å²) in [5.41, 5.74) is 0.657. The molecule has 1 atom stereocenters. The second-order valence-electron chi connectivity index (χ2n) is 5.24. The van der Waals surface area contributed by atoms with Gasteiger partial charge in [-0.05, 0) is 12.5 Å². The number of anilines is 1. The Bertz CT molecular complexity index is 561. The Hall–Kier alpha value is -2.22. The number of aryl methyl sites for hydroxylation is 1. The number of amides is 1. The highest BCUT2D eigenvalue weighted by atomic mass is 16.6. The van der Waals surface area contributed by atoms with Gasteiger partial charge in [0.2, 0.25) is 5.91 Å². The van der Waals surface area contributed by atoms with Crippen LogP contribution in [0.1, 0.15) is 5.56 Å². The van der Waals surface area contributed by atoms with E-state index in [1.165, 1.54) is 12.3 Å². The number of hydrogen-bond acceptors (Lipinski definition) is 6. The molecule has 0 radical (unpaired) electrons. The number of likely N-dealkylation sites (N-methyl/N-ethyl adjacent to an activating group) is 1. The molecular weight excluding hydrogens is 274 g/mol. The van der Waals surface area contributed by atoms with E-state index in [-0.39, 0.29) is 17.6 Å². The summed E-state index contributed by atoms with van der Waals surface area (Å²) in [6.45, 7) is 3.69. The fraction of sp³-hybridized carbons (Fsp3) is 0.538. The normalized spacial score (nSPS) is 18.4. The molecule has 8 nitrogen and oxygen atoms in total. The second-order valence-corrected chi connectivity index (χ2v) is 5.24. The van der Waals surface area contributed by atoms with Crippen LogP contribution in [0.15, 0.2) is 12.3 Å².